The number of aryl methyl sites for hydroxylation is 1. The topological polar surface area (TPSA) is 53.1 Å². The minimum Gasteiger partial charge on any atom is -0.496 e. The quantitative estimate of drug-likeness (QED) is 0.918. The summed E-state index contributed by atoms with van der Waals surface area (Å²) in [5, 5.41) is 0. The first kappa shape index (κ1) is 13.5. The Morgan fingerprint density at radius 1 is 1.42 bits per heavy atom. The first-order valence-corrected chi connectivity index (χ1v) is 6.14. The Bertz CT molecular complexity index is 593. The van der Waals surface area contributed by atoms with Crippen LogP contribution in [0.25, 0.3) is 11.4 Å². The minimum atomic E-state index is -0.308. The van der Waals surface area contributed by atoms with Crippen LogP contribution in [0.4, 0.5) is 4.39 Å². The Kier molecular flexibility index (Phi) is 3.85. The van der Waals surface area contributed by atoms with E-state index in [1.165, 1.54) is 12.1 Å². The lowest BCUT2D eigenvalue weighted by molar-refractivity contribution is 0.415. The molecule has 0 bridgehead atoms. The molecule has 2 N–H and O–H groups in total. The Morgan fingerprint density at radius 3 is 2.79 bits per heavy atom. The first-order chi connectivity index (χ1) is 9.08. The molecule has 1 aromatic carbocycles. The molecule has 0 aliphatic rings. The summed E-state index contributed by atoms with van der Waals surface area (Å²) in [6.45, 7) is 2.49. The molecule has 1 heterocycles. The first-order valence-electron chi connectivity index (χ1n) is 6.14. The van der Waals surface area contributed by atoms with Crippen molar-refractivity contribution in [3.8, 4) is 17.1 Å². The SMILES string of the molecule is COc1ccc(F)cc1-c1nc(C)c(CCN)n1C. The molecule has 1 aromatic heterocycles. The summed E-state index contributed by atoms with van der Waals surface area (Å²) in [6, 6.07) is 4.42. The molecule has 0 aliphatic carbocycles. The summed E-state index contributed by atoms with van der Waals surface area (Å²) in [4.78, 5) is 4.51. The molecule has 102 valence electrons. The number of rotatable bonds is 4. The highest BCUT2D eigenvalue weighted by Crippen LogP contribution is 2.30. The van der Waals surface area contributed by atoms with E-state index in [1.807, 2.05) is 18.5 Å². The van der Waals surface area contributed by atoms with Crippen molar-refractivity contribution in [1.29, 1.82) is 0 Å². The Labute approximate surface area is 112 Å². The van der Waals surface area contributed by atoms with Gasteiger partial charge in [-0.05, 0) is 31.7 Å². The summed E-state index contributed by atoms with van der Waals surface area (Å²) in [7, 11) is 3.47. The van der Waals surface area contributed by atoms with Gasteiger partial charge in [0.15, 0.2) is 0 Å². The van der Waals surface area contributed by atoms with Crippen molar-refractivity contribution < 1.29 is 9.13 Å². The fourth-order valence-electron chi connectivity index (χ4n) is 2.25. The summed E-state index contributed by atoms with van der Waals surface area (Å²) in [6.07, 6.45) is 0.743. The molecule has 2 aromatic rings. The van der Waals surface area contributed by atoms with Gasteiger partial charge in [-0.3, -0.25) is 0 Å². The Balaban J connectivity index is 2.59. The van der Waals surface area contributed by atoms with Gasteiger partial charge in [-0.25, -0.2) is 9.37 Å². The summed E-state index contributed by atoms with van der Waals surface area (Å²) < 4.78 is 20.7. The van der Waals surface area contributed by atoms with Gasteiger partial charge in [-0.2, -0.15) is 0 Å². The maximum Gasteiger partial charge on any atom is 0.144 e. The number of imidazole rings is 1. The van der Waals surface area contributed by atoms with Gasteiger partial charge in [-0.1, -0.05) is 0 Å². The lowest BCUT2D eigenvalue weighted by atomic mass is 10.2. The molecule has 5 heteroatoms. The third-order valence-corrected chi connectivity index (χ3v) is 3.20. The number of hydrogen-bond donors (Lipinski definition) is 1. The van der Waals surface area contributed by atoms with Crippen LogP contribution in [0.1, 0.15) is 11.4 Å². The predicted molar refractivity (Wildman–Crippen MR) is 72.6 cm³/mol. The van der Waals surface area contributed by atoms with Gasteiger partial charge in [0.2, 0.25) is 0 Å². The van der Waals surface area contributed by atoms with E-state index in [-0.39, 0.29) is 5.82 Å². The second-order valence-corrected chi connectivity index (χ2v) is 4.41. The largest absolute Gasteiger partial charge is 0.496 e. The van der Waals surface area contributed by atoms with Gasteiger partial charge >= 0.3 is 0 Å². The highest BCUT2D eigenvalue weighted by atomic mass is 19.1. The fourth-order valence-corrected chi connectivity index (χ4v) is 2.25. The summed E-state index contributed by atoms with van der Waals surface area (Å²) >= 11 is 0. The maximum atomic E-state index is 13.4. The summed E-state index contributed by atoms with van der Waals surface area (Å²) in [5.74, 6) is 0.989. The van der Waals surface area contributed by atoms with E-state index in [0.717, 1.165) is 17.8 Å². The second-order valence-electron chi connectivity index (χ2n) is 4.41. The van der Waals surface area contributed by atoms with Crippen LogP contribution in [0.3, 0.4) is 0 Å². The molecule has 0 aliphatic heterocycles. The molecule has 0 spiro atoms. The minimum absolute atomic E-state index is 0.308. The van der Waals surface area contributed by atoms with Crippen molar-refractivity contribution >= 4 is 0 Å². The molecule has 2 rings (SSSR count). The van der Waals surface area contributed by atoms with E-state index >= 15 is 0 Å². The average molecular weight is 263 g/mol. The van der Waals surface area contributed by atoms with Crippen LogP contribution in [0.5, 0.6) is 5.75 Å². The molecular formula is C14H18FN3O. The number of methoxy groups -OCH3 is 1. The van der Waals surface area contributed by atoms with Crippen LogP contribution >= 0.6 is 0 Å². The highest BCUT2D eigenvalue weighted by Gasteiger charge is 2.16. The van der Waals surface area contributed by atoms with Gasteiger partial charge in [0, 0.05) is 19.2 Å². The van der Waals surface area contributed by atoms with Gasteiger partial charge < -0.3 is 15.0 Å². The number of nitrogens with zero attached hydrogens (tertiary/aromatic N) is 2. The van der Waals surface area contributed by atoms with Crippen molar-refractivity contribution in [2.45, 2.75) is 13.3 Å². The second kappa shape index (κ2) is 5.40. The number of nitrogens with two attached hydrogens (primary N) is 1. The van der Waals surface area contributed by atoms with Gasteiger partial charge in [0.25, 0.3) is 0 Å². The molecule has 0 amide bonds. The van der Waals surface area contributed by atoms with Crippen molar-refractivity contribution in [3.05, 3.63) is 35.4 Å². The van der Waals surface area contributed by atoms with E-state index in [4.69, 9.17) is 10.5 Å². The van der Waals surface area contributed by atoms with E-state index < -0.39 is 0 Å². The van der Waals surface area contributed by atoms with E-state index in [0.29, 0.717) is 23.7 Å². The van der Waals surface area contributed by atoms with Crippen LogP contribution in [-0.2, 0) is 13.5 Å². The maximum absolute atomic E-state index is 13.4. The van der Waals surface area contributed by atoms with E-state index in [1.54, 1.807) is 13.2 Å². The lowest BCUT2D eigenvalue weighted by Gasteiger charge is -2.09. The third kappa shape index (κ3) is 2.46. The number of benzene rings is 1. The highest BCUT2D eigenvalue weighted by molar-refractivity contribution is 5.65. The monoisotopic (exact) mass is 263 g/mol. The molecular weight excluding hydrogens is 245 g/mol. The van der Waals surface area contributed by atoms with E-state index in [2.05, 4.69) is 4.98 Å². The smallest absolute Gasteiger partial charge is 0.144 e. The van der Waals surface area contributed by atoms with Gasteiger partial charge in [-0.15, -0.1) is 0 Å². The standard InChI is InChI=1S/C14H18FN3O/c1-9-12(6-7-16)18(2)14(17-9)11-8-10(15)4-5-13(11)19-3/h4-5,8H,6-7,16H2,1-3H3. The fraction of sp³-hybridized carbons (Fsp3) is 0.357. The van der Waals surface area contributed by atoms with Gasteiger partial charge in [0.05, 0.1) is 18.4 Å². The number of ether oxygens (including phenoxy) is 1. The number of hydrogen-bond acceptors (Lipinski definition) is 3. The van der Waals surface area contributed by atoms with Crippen molar-refractivity contribution in [1.82, 2.24) is 9.55 Å². The molecule has 0 saturated carbocycles. The lowest BCUT2D eigenvalue weighted by Crippen LogP contribution is -2.08. The Hall–Kier alpha value is -1.88. The molecule has 4 nitrogen and oxygen atoms in total. The summed E-state index contributed by atoms with van der Waals surface area (Å²) in [5.41, 5.74) is 8.22. The molecule has 0 radical (unpaired) electrons. The predicted octanol–water partition coefficient (Wildman–Crippen LogP) is 2.04. The third-order valence-electron chi connectivity index (χ3n) is 3.20. The van der Waals surface area contributed by atoms with Gasteiger partial charge in [0.1, 0.15) is 17.4 Å². The molecule has 0 fully saturated rings. The zero-order valence-electron chi connectivity index (χ0n) is 11.4. The molecule has 0 atom stereocenters. The normalized spacial score (nSPS) is 10.8. The molecule has 0 saturated heterocycles. The number of halogens is 1. The molecule has 0 unspecified atom stereocenters. The van der Waals surface area contributed by atoms with Crippen molar-refractivity contribution in [2.24, 2.45) is 12.8 Å². The zero-order chi connectivity index (χ0) is 14.0. The van der Waals surface area contributed by atoms with E-state index in [9.17, 15) is 4.39 Å². The van der Waals surface area contributed by atoms with Crippen LogP contribution in [-0.4, -0.2) is 23.2 Å². The van der Waals surface area contributed by atoms with Crippen LogP contribution < -0.4 is 10.5 Å². The van der Waals surface area contributed by atoms with Crippen molar-refractivity contribution in [2.75, 3.05) is 13.7 Å². The van der Waals surface area contributed by atoms with Crippen LogP contribution in [0, 0.1) is 12.7 Å². The average Bonchev–Trinajstić information content (AvgIpc) is 2.67. The Morgan fingerprint density at radius 2 is 2.16 bits per heavy atom. The van der Waals surface area contributed by atoms with Crippen LogP contribution in [0.15, 0.2) is 18.2 Å². The van der Waals surface area contributed by atoms with Crippen molar-refractivity contribution in [3.63, 3.8) is 0 Å². The van der Waals surface area contributed by atoms with Crippen LogP contribution in [0.2, 0.25) is 0 Å². The number of aromatic nitrogens is 2. The molecule has 19 heavy (non-hydrogen) atoms. The zero-order valence-corrected chi connectivity index (χ0v) is 11.4.